The van der Waals surface area contributed by atoms with Crippen LogP contribution in [-0.2, 0) is 4.74 Å². The Morgan fingerprint density at radius 2 is 2.15 bits per heavy atom. The number of nitrogens with zero attached hydrogens (tertiary/aromatic N) is 2. The first-order chi connectivity index (χ1) is 9.72. The standard InChI is InChI=1S/C14H17Cl2N3O/c1-2-20-9-3-6-17-14-18-7-8-19(14)11-4-5-12(15)13(16)10-11/h4-5,7-8,10H,2-3,6,9H2,1H3,(H,17,18). The molecule has 20 heavy (non-hydrogen) atoms. The Morgan fingerprint density at radius 3 is 2.90 bits per heavy atom. The van der Waals surface area contributed by atoms with Crippen LogP contribution in [0.1, 0.15) is 13.3 Å². The highest BCUT2D eigenvalue weighted by Crippen LogP contribution is 2.25. The zero-order valence-electron chi connectivity index (χ0n) is 11.3. The number of rotatable bonds is 7. The van der Waals surface area contributed by atoms with Crippen molar-refractivity contribution in [1.82, 2.24) is 9.55 Å². The van der Waals surface area contributed by atoms with Gasteiger partial charge in [0.15, 0.2) is 0 Å². The Labute approximate surface area is 128 Å². The van der Waals surface area contributed by atoms with E-state index in [-0.39, 0.29) is 0 Å². The summed E-state index contributed by atoms with van der Waals surface area (Å²) in [5.74, 6) is 0.778. The number of anilines is 1. The van der Waals surface area contributed by atoms with Gasteiger partial charge in [0.25, 0.3) is 0 Å². The summed E-state index contributed by atoms with van der Waals surface area (Å²) in [7, 11) is 0. The lowest BCUT2D eigenvalue weighted by Gasteiger charge is -2.10. The Morgan fingerprint density at radius 1 is 1.30 bits per heavy atom. The van der Waals surface area contributed by atoms with Crippen LogP contribution in [0.4, 0.5) is 5.95 Å². The van der Waals surface area contributed by atoms with Crippen molar-refractivity contribution in [2.75, 3.05) is 25.1 Å². The summed E-state index contributed by atoms with van der Waals surface area (Å²) in [6.45, 7) is 4.29. The molecule has 0 saturated heterocycles. The van der Waals surface area contributed by atoms with Crippen molar-refractivity contribution in [3.05, 3.63) is 40.6 Å². The second kappa shape index (κ2) is 7.53. The van der Waals surface area contributed by atoms with Gasteiger partial charge in [-0.3, -0.25) is 4.57 Å². The highest BCUT2D eigenvalue weighted by atomic mass is 35.5. The van der Waals surface area contributed by atoms with Gasteiger partial charge in [0.1, 0.15) is 0 Å². The molecule has 0 atom stereocenters. The van der Waals surface area contributed by atoms with E-state index in [9.17, 15) is 0 Å². The molecule has 2 aromatic rings. The van der Waals surface area contributed by atoms with Gasteiger partial charge in [-0.15, -0.1) is 0 Å². The van der Waals surface area contributed by atoms with Gasteiger partial charge in [-0.25, -0.2) is 4.98 Å². The Bertz CT molecular complexity index is 557. The number of benzene rings is 1. The minimum absolute atomic E-state index is 0.528. The molecule has 1 aromatic heterocycles. The summed E-state index contributed by atoms with van der Waals surface area (Å²) < 4.78 is 7.23. The highest BCUT2D eigenvalue weighted by molar-refractivity contribution is 6.42. The van der Waals surface area contributed by atoms with E-state index in [1.807, 2.05) is 29.8 Å². The lowest BCUT2D eigenvalue weighted by molar-refractivity contribution is 0.147. The van der Waals surface area contributed by atoms with Gasteiger partial charge in [-0.05, 0) is 31.5 Å². The SMILES string of the molecule is CCOCCCNc1nccn1-c1ccc(Cl)c(Cl)c1. The van der Waals surface area contributed by atoms with Crippen LogP contribution in [0.5, 0.6) is 0 Å². The number of aromatic nitrogens is 2. The van der Waals surface area contributed by atoms with Gasteiger partial charge < -0.3 is 10.1 Å². The quantitative estimate of drug-likeness (QED) is 0.785. The van der Waals surface area contributed by atoms with Crippen LogP contribution in [0.25, 0.3) is 5.69 Å². The van der Waals surface area contributed by atoms with Crippen LogP contribution in [0, 0.1) is 0 Å². The summed E-state index contributed by atoms with van der Waals surface area (Å²) >= 11 is 12.0. The van der Waals surface area contributed by atoms with E-state index < -0.39 is 0 Å². The molecule has 0 fully saturated rings. The van der Waals surface area contributed by atoms with Crippen molar-refractivity contribution in [3.63, 3.8) is 0 Å². The maximum absolute atomic E-state index is 6.04. The molecule has 0 amide bonds. The molecule has 0 saturated carbocycles. The molecule has 6 heteroatoms. The average Bonchev–Trinajstić information content (AvgIpc) is 2.90. The second-order valence-corrected chi connectivity index (χ2v) is 5.01. The summed E-state index contributed by atoms with van der Waals surface area (Å²) in [5, 5.41) is 4.35. The number of ether oxygens (including phenoxy) is 1. The average molecular weight is 314 g/mol. The van der Waals surface area contributed by atoms with E-state index in [2.05, 4.69) is 10.3 Å². The topological polar surface area (TPSA) is 39.1 Å². The molecular weight excluding hydrogens is 297 g/mol. The third-order valence-corrected chi connectivity index (χ3v) is 3.51. The predicted molar refractivity (Wildman–Crippen MR) is 83.2 cm³/mol. The summed E-state index contributed by atoms with van der Waals surface area (Å²) in [6, 6.07) is 5.50. The van der Waals surface area contributed by atoms with Crippen LogP contribution in [0.15, 0.2) is 30.6 Å². The Kier molecular flexibility index (Phi) is 5.71. The monoisotopic (exact) mass is 313 g/mol. The highest BCUT2D eigenvalue weighted by Gasteiger charge is 2.06. The van der Waals surface area contributed by atoms with Crippen LogP contribution >= 0.6 is 23.2 Å². The molecule has 0 spiro atoms. The minimum Gasteiger partial charge on any atom is -0.382 e. The van der Waals surface area contributed by atoms with E-state index in [0.29, 0.717) is 10.0 Å². The first-order valence-electron chi connectivity index (χ1n) is 6.52. The van der Waals surface area contributed by atoms with Crippen LogP contribution in [-0.4, -0.2) is 29.3 Å². The maximum atomic E-state index is 6.04. The van der Waals surface area contributed by atoms with E-state index >= 15 is 0 Å². The first kappa shape index (κ1) is 15.2. The van der Waals surface area contributed by atoms with Crippen molar-refractivity contribution in [2.24, 2.45) is 0 Å². The molecule has 0 bridgehead atoms. The zero-order chi connectivity index (χ0) is 14.4. The Balaban J connectivity index is 2.02. The minimum atomic E-state index is 0.528. The van der Waals surface area contributed by atoms with E-state index in [4.69, 9.17) is 27.9 Å². The molecule has 1 N–H and O–H groups in total. The van der Waals surface area contributed by atoms with E-state index in [1.165, 1.54) is 0 Å². The van der Waals surface area contributed by atoms with Crippen molar-refractivity contribution >= 4 is 29.2 Å². The smallest absolute Gasteiger partial charge is 0.207 e. The predicted octanol–water partition coefficient (Wildman–Crippen LogP) is 4.02. The molecule has 1 heterocycles. The lowest BCUT2D eigenvalue weighted by atomic mass is 10.3. The van der Waals surface area contributed by atoms with Crippen molar-refractivity contribution < 1.29 is 4.74 Å². The van der Waals surface area contributed by atoms with Crippen molar-refractivity contribution in [2.45, 2.75) is 13.3 Å². The van der Waals surface area contributed by atoms with Gasteiger partial charge in [-0.2, -0.15) is 0 Å². The van der Waals surface area contributed by atoms with Gasteiger partial charge >= 0.3 is 0 Å². The molecule has 0 aliphatic heterocycles. The lowest BCUT2D eigenvalue weighted by Crippen LogP contribution is -2.09. The van der Waals surface area contributed by atoms with E-state index in [1.54, 1.807) is 12.3 Å². The molecule has 108 valence electrons. The number of hydrogen-bond donors (Lipinski definition) is 1. The molecule has 2 rings (SSSR count). The maximum Gasteiger partial charge on any atom is 0.207 e. The molecule has 1 aromatic carbocycles. The molecule has 0 aliphatic carbocycles. The van der Waals surface area contributed by atoms with Crippen molar-refractivity contribution in [1.29, 1.82) is 0 Å². The first-order valence-corrected chi connectivity index (χ1v) is 7.28. The zero-order valence-corrected chi connectivity index (χ0v) is 12.8. The van der Waals surface area contributed by atoms with Gasteiger partial charge in [0, 0.05) is 32.2 Å². The third-order valence-electron chi connectivity index (χ3n) is 2.77. The molecule has 0 aliphatic rings. The fourth-order valence-electron chi connectivity index (χ4n) is 1.80. The fourth-order valence-corrected chi connectivity index (χ4v) is 2.09. The number of nitrogens with one attached hydrogen (secondary N) is 1. The van der Waals surface area contributed by atoms with Gasteiger partial charge in [-0.1, -0.05) is 23.2 Å². The normalized spacial score (nSPS) is 10.8. The van der Waals surface area contributed by atoms with Gasteiger partial charge in [0.2, 0.25) is 5.95 Å². The number of halogens is 2. The second-order valence-electron chi connectivity index (χ2n) is 4.20. The van der Waals surface area contributed by atoms with Crippen molar-refractivity contribution in [3.8, 4) is 5.69 Å². The van der Waals surface area contributed by atoms with E-state index in [0.717, 1.165) is 37.8 Å². The summed E-state index contributed by atoms with van der Waals surface area (Å²) in [4.78, 5) is 4.30. The summed E-state index contributed by atoms with van der Waals surface area (Å²) in [6.07, 6.45) is 4.56. The largest absolute Gasteiger partial charge is 0.382 e. The molecular formula is C14H17Cl2N3O. The van der Waals surface area contributed by atoms with Crippen LogP contribution in [0.2, 0.25) is 10.0 Å². The molecule has 4 nitrogen and oxygen atoms in total. The van der Waals surface area contributed by atoms with Crippen LogP contribution in [0.3, 0.4) is 0 Å². The molecule has 0 radical (unpaired) electrons. The molecule has 0 unspecified atom stereocenters. The number of hydrogen-bond acceptors (Lipinski definition) is 3. The Hall–Kier alpha value is -1.23. The fraction of sp³-hybridized carbons (Fsp3) is 0.357. The number of imidazole rings is 1. The van der Waals surface area contributed by atoms with Crippen LogP contribution < -0.4 is 5.32 Å². The third kappa shape index (κ3) is 3.88. The summed E-state index contributed by atoms with van der Waals surface area (Å²) in [5.41, 5.74) is 0.921. The van der Waals surface area contributed by atoms with Gasteiger partial charge in [0.05, 0.1) is 15.7 Å².